The van der Waals surface area contributed by atoms with Gasteiger partial charge in [0.25, 0.3) is 0 Å². The summed E-state index contributed by atoms with van der Waals surface area (Å²) in [7, 11) is 3.42. The van der Waals surface area contributed by atoms with Crippen molar-refractivity contribution in [2.24, 2.45) is 4.99 Å². The smallest absolute Gasteiger partial charge is 0.228 e. The van der Waals surface area contributed by atoms with Gasteiger partial charge >= 0.3 is 0 Å². The van der Waals surface area contributed by atoms with E-state index in [0.29, 0.717) is 29.7 Å². The highest BCUT2D eigenvalue weighted by atomic mass is 127. The molecule has 0 atom stereocenters. The number of nitrogens with one attached hydrogen (secondary N) is 2. The Morgan fingerprint density at radius 2 is 2.12 bits per heavy atom. The van der Waals surface area contributed by atoms with Crippen molar-refractivity contribution < 1.29 is 9.26 Å². The van der Waals surface area contributed by atoms with Crippen molar-refractivity contribution >= 4 is 41.5 Å². The number of hydrogen-bond donors (Lipinski definition) is 2. The molecule has 7 nitrogen and oxygen atoms in total. The Morgan fingerprint density at radius 3 is 2.84 bits per heavy atom. The molecule has 9 heteroatoms. The SMILES string of the molecule is CN=C(NCCCOC)NCCc1nc(-c2cccc(Cl)c2)no1.I. The van der Waals surface area contributed by atoms with Crippen LogP contribution in [0.4, 0.5) is 0 Å². The molecule has 0 aliphatic carbocycles. The summed E-state index contributed by atoms with van der Waals surface area (Å²) in [5, 5.41) is 11.0. The van der Waals surface area contributed by atoms with Crippen LogP contribution in [0.15, 0.2) is 33.8 Å². The van der Waals surface area contributed by atoms with Crippen molar-refractivity contribution in [3.8, 4) is 11.4 Å². The number of ether oxygens (including phenoxy) is 1. The highest BCUT2D eigenvalue weighted by Crippen LogP contribution is 2.19. The highest BCUT2D eigenvalue weighted by molar-refractivity contribution is 14.0. The van der Waals surface area contributed by atoms with Gasteiger partial charge in [-0.3, -0.25) is 4.99 Å². The molecule has 1 aromatic carbocycles. The van der Waals surface area contributed by atoms with Crippen LogP contribution in [-0.4, -0.2) is 50.0 Å². The van der Waals surface area contributed by atoms with Crippen LogP contribution in [0.2, 0.25) is 5.02 Å². The van der Waals surface area contributed by atoms with Gasteiger partial charge in [-0.05, 0) is 18.6 Å². The first-order valence-corrected chi connectivity index (χ1v) is 8.12. The van der Waals surface area contributed by atoms with E-state index in [-0.39, 0.29) is 24.0 Å². The summed E-state index contributed by atoms with van der Waals surface area (Å²) in [4.78, 5) is 8.53. The lowest BCUT2D eigenvalue weighted by Crippen LogP contribution is -2.39. The molecule has 0 amide bonds. The van der Waals surface area contributed by atoms with Gasteiger partial charge in [0.05, 0.1) is 0 Å². The minimum Gasteiger partial charge on any atom is -0.385 e. The van der Waals surface area contributed by atoms with Crippen molar-refractivity contribution in [2.75, 3.05) is 33.9 Å². The van der Waals surface area contributed by atoms with Gasteiger partial charge in [-0.15, -0.1) is 24.0 Å². The zero-order valence-corrected chi connectivity index (χ0v) is 17.4. The fourth-order valence-electron chi connectivity index (χ4n) is 2.03. The summed E-state index contributed by atoms with van der Waals surface area (Å²) in [6.45, 7) is 2.16. The molecule has 0 radical (unpaired) electrons. The predicted molar refractivity (Wildman–Crippen MR) is 110 cm³/mol. The third-order valence-corrected chi connectivity index (χ3v) is 3.46. The average molecular weight is 480 g/mol. The molecule has 0 spiro atoms. The molecule has 0 aliphatic heterocycles. The molecule has 0 saturated carbocycles. The van der Waals surface area contributed by atoms with Crippen LogP contribution in [0.3, 0.4) is 0 Å². The fourth-order valence-corrected chi connectivity index (χ4v) is 2.22. The van der Waals surface area contributed by atoms with Crippen LogP contribution in [0.1, 0.15) is 12.3 Å². The first-order valence-electron chi connectivity index (χ1n) is 7.75. The summed E-state index contributed by atoms with van der Waals surface area (Å²) < 4.78 is 10.3. The molecule has 2 N–H and O–H groups in total. The lowest BCUT2D eigenvalue weighted by molar-refractivity contribution is 0.195. The summed E-state index contributed by atoms with van der Waals surface area (Å²) in [5.74, 6) is 1.84. The Hall–Kier alpha value is -1.39. The van der Waals surface area contributed by atoms with Crippen molar-refractivity contribution in [1.29, 1.82) is 0 Å². The zero-order chi connectivity index (χ0) is 17.2. The van der Waals surface area contributed by atoms with Gasteiger partial charge in [-0.2, -0.15) is 4.98 Å². The number of aliphatic imine (C=N–C) groups is 1. The number of aromatic nitrogens is 2. The van der Waals surface area contributed by atoms with Gasteiger partial charge in [-0.25, -0.2) is 0 Å². The monoisotopic (exact) mass is 479 g/mol. The predicted octanol–water partition coefficient (Wildman–Crippen LogP) is 2.75. The largest absolute Gasteiger partial charge is 0.385 e. The van der Waals surface area contributed by atoms with E-state index in [1.54, 1.807) is 26.3 Å². The van der Waals surface area contributed by atoms with Crippen LogP contribution in [0, 0.1) is 0 Å². The van der Waals surface area contributed by atoms with Gasteiger partial charge in [0, 0.05) is 50.9 Å². The number of hydrogen-bond acceptors (Lipinski definition) is 5. The van der Waals surface area contributed by atoms with Crippen molar-refractivity contribution in [2.45, 2.75) is 12.8 Å². The van der Waals surface area contributed by atoms with E-state index in [0.717, 1.165) is 31.1 Å². The van der Waals surface area contributed by atoms with E-state index in [1.165, 1.54) is 0 Å². The second-order valence-corrected chi connectivity index (χ2v) is 5.48. The number of methoxy groups -OCH3 is 1. The third-order valence-electron chi connectivity index (χ3n) is 3.22. The maximum absolute atomic E-state index is 5.97. The van der Waals surface area contributed by atoms with Crippen LogP contribution in [-0.2, 0) is 11.2 Å². The molecule has 0 aliphatic rings. The van der Waals surface area contributed by atoms with Crippen molar-refractivity contribution in [1.82, 2.24) is 20.8 Å². The molecule has 2 rings (SSSR count). The Kier molecular flexibility index (Phi) is 10.4. The lowest BCUT2D eigenvalue weighted by atomic mass is 10.2. The normalized spacial score (nSPS) is 11.1. The van der Waals surface area contributed by atoms with Gasteiger partial charge in [0.1, 0.15) is 0 Å². The summed E-state index contributed by atoms with van der Waals surface area (Å²) in [6.07, 6.45) is 1.52. The minimum atomic E-state index is 0. The van der Waals surface area contributed by atoms with Gasteiger partial charge in [0.2, 0.25) is 11.7 Å². The zero-order valence-electron chi connectivity index (χ0n) is 14.3. The number of halogens is 2. The van der Waals surface area contributed by atoms with Gasteiger partial charge < -0.3 is 19.9 Å². The Morgan fingerprint density at radius 1 is 1.32 bits per heavy atom. The quantitative estimate of drug-likeness (QED) is 0.262. The highest BCUT2D eigenvalue weighted by Gasteiger charge is 2.09. The second-order valence-electron chi connectivity index (χ2n) is 5.04. The van der Waals surface area contributed by atoms with Crippen molar-refractivity contribution in [3.05, 3.63) is 35.2 Å². The molecule has 0 fully saturated rings. The Labute approximate surface area is 169 Å². The molecule has 0 saturated heterocycles. The number of guanidine groups is 1. The molecule has 1 heterocycles. The standard InChI is InChI=1S/C16H22ClN5O2.HI/c1-18-16(19-8-4-10-23-2)20-9-7-14-21-15(22-24-14)12-5-3-6-13(17)11-12;/h3,5-6,11H,4,7-10H2,1-2H3,(H2,18,19,20);1H. The van der Waals surface area contributed by atoms with Crippen LogP contribution in [0.5, 0.6) is 0 Å². The van der Waals surface area contributed by atoms with E-state index in [4.69, 9.17) is 20.9 Å². The Bertz CT molecular complexity index is 665. The fraction of sp³-hybridized carbons (Fsp3) is 0.438. The molecule has 25 heavy (non-hydrogen) atoms. The minimum absolute atomic E-state index is 0. The topological polar surface area (TPSA) is 84.6 Å². The third kappa shape index (κ3) is 7.57. The van der Waals surface area contributed by atoms with E-state index in [1.807, 2.05) is 12.1 Å². The summed E-state index contributed by atoms with van der Waals surface area (Å²) >= 11 is 5.97. The maximum Gasteiger partial charge on any atom is 0.228 e. The first kappa shape index (κ1) is 21.7. The lowest BCUT2D eigenvalue weighted by Gasteiger charge is -2.10. The molecular formula is C16H23ClIN5O2. The van der Waals surface area contributed by atoms with E-state index in [9.17, 15) is 0 Å². The van der Waals surface area contributed by atoms with E-state index < -0.39 is 0 Å². The first-order chi connectivity index (χ1) is 11.7. The Balaban J connectivity index is 0.00000312. The van der Waals surface area contributed by atoms with E-state index >= 15 is 0 Å². The van der Waals surface area contributed by atoms with Gasteiger partial charge in [-0.1, -0.05) is 28.9 Å². The average Bonchev–Trinajstić information content (AvgIpc) is 3.06. The molecule has 138 valence electrons. The van der Waals surface area contributed by atoms with Crippen molar-refractivity contribution in [3.63, 3.8) is 0 Å². The number of nitrogens with zero attached hydrogens (tertiary/aromatic N) is 3. The van der Waals surface area contributed by atoms with Crippen LogP contribution < -0.4 is 10.6 Å². The molecule has 0 unspecified atom stereocenters. The van der Waals surface area contributed by atoms with Crippen LogP contribution >= 0.6 is 35.6 Å². The van der Waals surface area contributed by atoms with Crippen LogP contribution in [0.25, 0.3) is 11.4 Å². The molecule has 1 aromatic heterocycles. The number of rotatable bonds is 8. The summed E-state index contributed by atoms with van der Waals surface area (Å²) in [6, 6.07) is 7.36. The number of benzene rings is 1. The second kappa shape index (κ2) is 12.0. The van der Waals surface area contributed by atoms with E-state index in [2.05, 4.69) is 25.8 Å². The van der Waals surface area contributed by atoms with Gasteiger partial charge in [0.15, 0.2) is 5.96 Å². The molecular weight excluding hydrogens is 457 g/mol. The molecule has 0 bridgehead atoms. The molecule has 2 aromatic rings. The summed E-state index contributed by atoms with van der Waals surface area (Å²) in [5.41, 5.74) is 0.834. The maximum atomic E-state index is 5.97.